The summed E-state index contributed by atoms with van der Waals surface area (Å²) in [6.45, 7) is 0. The molecule has 0 fully saturated rings. The molecule has 0 atom stereocenters. The topological polar surface area (TPSA) is 55.1 Å². The number of anilines is 1. The Bertz CT molecular complexity index is 389. The van der Waals surface area contributed by atoms with Gasteiger partial charge in [0.25, 0.3) is 0 Å². The maximum atomic E-state index is 13.0. The van der Waals surface area contributed by atoms with Crippen LogP contribution in [0.25, 0.3) is 0 Å². The first-order valence-corrected chi connectivity index (χ1v) is 3.74. The van der Waals surface area contributed by atoms with Gasteiger partial charge in [0.2, 0.25) is 0 Å². The van der Waals surface area contributed by atoms with Crippen molar-refractivity contribution in [3.63, 3.8) is 0 Å². The van der Waals surface area contributed by atoms with Crippen LogP contribution in [0.3, 0.4) is 0 Å². The standard InChI is InChI=1S/C8H6F4N2O/c9-5-3-4(8(10,11)12)1-2-6(5)14-7(13)15/h1-3H,(H3,13,14,15). The lowest BCUT2D eigenvalue weighted by Gasteiger charge is -2.08. The van der Waals surface area contributed by atoms with E-state index < -0.39 is 29.3 Å². The molecule has 3 N–H and O–H groups in total. The van der Waals surface area contributed by atoms with Crippen LogP contribution in [0.5, 0.6) is 0 Å². The number of carbonyl (C=O) groups is 1. The van der Waals surface area contributed by atoms with Crippen molar-refractivity contribution in [2.75, 3.05) is 5.32 Å². The summed E-state index contributed by atoms with van der Waals surface area (Å²) in [6.07, 6.45) is -4.62. The second kappa shape index (κ2) is 3.76. The molecule has 0 unspecified atom stereocenters. The third-order valence-corrected chi connectivity index (χ3v) is 1.55. The van der Waals surface area contributed by atoms with Gasteiger partial charge in [-0.15, -0.1) is 0 Å². The minimum atomic E-state index is -4.62. The van der Waals surface area contributed by atoms with Crippen molar-refractivity contribution < 1.29 is 22.4 Å². The number of benzene rings is 1. The summed E-state index contributed by atoms with van der Waals surface area (Å²) in [5.41, 5.74) is 3.16. The molecule has 0 bridgehead atoms. The van der Waals surface area contributed by atoms with Gasteiger partial charge in [-0.3, -0.25) is 0 Å². The van der Waals surface area contributed by atoms with Crippen LogP contribution in [-0.2, 0) is 6.18 Å². The molecule has 1 rings (SSSR count). The van der Waals surface area contributed by atoms with E-state index in [4.69, 9.17) is 0 Å². The summed E-state index contributed by atoms with van der Waals surface area (Å²) in [5.74, 6) is -1.19. The van der Waals surface area contributed by atoms with Crippen molar-refractivity contribution in [1.82, 2.24) is 0 Å². The van der Waals surface area contributed by atoms with E-state index in [1.165, 1.54) is 0 Å². The van der Waals surface area contributed by atoms with Gasteiger partial charge in [0.15, 0.2) is 0 Å². The monoisotopic (exact) mass is 222 g/mol. The van der Waals surface area contributed by atoms with E-state index in [2.05, 4.69) is 5.73 Å². The molecule has 1 aromatic rings. The normalized spacial score (nSPS) is 11.2. The summed E-state index contributed by atoms with van der Waals surface area (Å²) in [4.78, 5) is 10.3. The number of amides is 2. The molecule has 0 aromatic heterocycles. The third kappa shape index (κ3) is 2.83. The van der Waals surface area contributed by atoms with Crippen molar-refractivity contribution in [2.24, 2.45) is 5.73 Å². The molecule has 15 heavy (non-hydrogen) atoms. The van der Waals surface area contributed by atoms with Crippen LogP contribution in [0.1, 0.15) is 5.56 Å². The number of hydrogen-bond acceptors (Lipinski definition) is 1. The van der Waals surface area contributed by atoms with Gasteiger partial charge in [0, 0.05) is 0 Å². The van der Waals surface area contributed by atoms with Gasteiger partial charge in [0.1, 0.15) is 5.82 Å². The highest BCUT2D eigenvalue weighted by molar-refractivity contribution is 5.87. The number of nitrogens with one attached hydrogen (secondary N) is 1. The fourth-order valence-corrected chi connectivity index (χ4v) is 0.926. The Labute approximate surface area is 81.9 Å². The zero-order valence-electron chi connectivity index (χ0n) is 7.23. The Kier molecular flexibility index (Phi) is 2.83. The van der Waals surface area contributed by atoms with E-state index in [0.29, 0.717) is 6.07 Å². The van der Waals surface area contributed by atoms with E-state index >= 15 is 0 Å². The molecule has 0 aliphatic rings. The van der Waals surface area contributed by atoms with Crippen molar-refractivity contribution in [3.8, 4) is 0 Å². The molecule has 0 saturated carbocycles. The van der Waals surface area contributed by atoms with Gasteiger partial charge in [0.05, 0.1) is 11.3 Å². The second-order valence-corrected chi connectivity index (χ2v) is 2.68. The van der Waals surface area contributed by atoms with Gasteiger partial charge in [-0.25, -0.2) is 9.18 Å². The summed E-state index contributed by atoms with van der Waals surface area (Å²) in [6, 6.07) is 0.677. The first-order chi connectivity index (χ1) is 6.80. The van der Waals surface area contributed by atoms with Gasteiger partial charge >= 0.3 is 12.2 Å². The maximum absolute atomic E-state index is 13.0. The molecule has 0 aliphatic heterocycles. The van der Waals surface area contributed by atoms with Gasteiger partial charge in [-0.05, 0) is 18.2 Å². The fraction of sp³-hybridized carbons (Fsp3) is 0.125. The minimum Gasteiger partial charge on any atom is -0.351 e. The number of urea groups is 1. The summed E-state index contributed by atoms with van der Waals surface area (Å²) >= 11 is 0. The van der Waals surface area contributed by atoms with E-state index in [-0.39, 0.29) is 6.07 Å². The molecule has 0 aliphatic carbocycles. The lowest BCUT2D eigenvalue weighted by atomic mass is 10.2. The van der Waals surface area contributed by atoms with E-state index in [0.717, 1.165) is 6.07 Å². The summed E-state index contributed by atoms with van der Waals surface area (Å²) < 4.78 is 49.2. The van der Waals surface area contributed by atoms with Gasteiger partial charge in [-0.1, -0.05) is 0 Å². The van der Waals surface area contributed by atoms with Crippen LogP contribution in [-0.4, -0.2) is 6.03 Å². The molecule has 2 amide bonds. The molecule has 7 heteroatoms. The summed E-state index contributed by atoms with van der Waals surface area (Å²) in [7, 11) is 0. The quantitative estimate of drug-likeness (QED) is 0.704. The van der Waals surface area contributed by atoms with Crippen LogP contribution < -0.4 is 11.1 Å². The Balaban J connectivity index is 3.03. The van der Waals surface area contributed by atoms with Crippen molar-refractivity contribution in [2.45, 2.75) is 6.18 Å². The van der Waals surface area contributed by atoms with Crippen LogP contribution in [0.15, 0.2) is 18.2 Å². The Morgan fingerprint density at radius 3 is 2.33 bits per heavy atom. The molecule has 0 saturated heterocycles. The largest absolute Gasteiger partial charge is 0.416 e. The average Bonchev–Trinajstić information content (AvgIpc) is 2.05. The number of nitrogens with two attached hydrogens (primary N) is 1. The minimum absolute atomic E-state index is 0.283. The van der Waals surface area contributed by atoms with Crippen LogP contribution >= 0.6 is 0 Å². The molecule has 3 nitrogen and oxygen atoms in total. The van der Waals surface area contributed by atoms with Crippen molar-refractivity contribution in [3.05, 3.63) is 29.6 Å². The first-order valence-electron chi connectivity index (χ1n) is 3.74. The molecular weight excluding hydrogens is 216 g/mol. The van der Waals surface area contributed by atoms with Gasteiger partial charge < -0.3 is 11.1 Å². The molecule has 0 heterocycles. The Hall–Kier alpha value is -1.79. The lowest BCUT2D eigenvalue weighted by Crippen LogP contribution is -2.20. The Morgan fingerprint density at radius 1 is 1.33 bits per heavy atom. The van der Waals surface area contributed by atoms with Crippen LogP contribution in [0.2, 0.25) is 0 Å². The maximum Gasteiger partial charge on any atom is 0.416 e. The van der Waals surface area contributed by atoms with Crippen molar-refractivity contribution in [1.29, 1.82) is 0 Å². The predicted octanol–water partition coefficient (Wildman–Crippen LogP) is 2.34. The lowest BCUT2D eigenvalue weighted by molar-refractivity contribution is -0.137. The van der Waals surface area contributed by atoms with Crippen LogP contribution in [0, 0.1) is 5.82 Å². The number of hydrogen-bond donors (Lipinski definition) is 2. The highest BCUT2D eigenvalue weighted by Gasteiger charge is 2.31. The number of alkyl halides is 3. The number of rotatable bonds is 1. The molecule has 1 aromatic carbocycles. The summed E-state index contributed by atoms with van der Waals surface area (Å²) in [5, 5.41) is 1.85. The van der Waals surface area contributed by atoms with E-state index in [1.807, 2.05) is 5.32 Å². The molecule has 0 spiro atoms. The second-order valence-electron chi connectivity index (χ2n) is 2.68. The highest BCUT2D eigenvalue weighted by Crippen LogP contribution is 2.31. The third-order valence-electron chi connectivity index (χ3n) is 1.55. The SMILES string of the molecule is NC(=O)Nc1ccc(C(F)(F)F)cc1F. The van der Waals surface area contributed by atoms with E-state index in [1.54, 1.807) is 0 Å². The van der Waals surface area contributed by atoms with Crippen molar-refractivity contribution >= 4 is 11.7 Å². The van der Waals surface area contributed by atoms with E-state index in [9.17, 15) is 22.4 Å². The smallest absolute Gasteiger partial charge is 0.351 e. The van der Waals surface area contributed by atoms with Crippen LogP contribution in [0.4, 0.5) is 28.0 Å². The fourth-order valence-electron chi connectivity index (χ4n) is 0.926. The Morgan fingerprint density at radius 2 is 1.93 bits per heavy atom. The molecular formula is C8H6F4N2O. The number of primary amides is 1. The highest BCUT2D eigenvalue weighted by atomic mass is 19.4. The number of carbonyl (C=O) groups excluding carboxylic acids is 1. The number of halogens is 4. The first kappa shape index (κ1) is 11.3. The predicted molar refractivity (Wildman–Crippen MR) is 44.6 cm³/mol. The molecule has 0 radical (unpaired) electrons. The molecule has 82 valence electrons. The van der Waals surface area contributed by atoms with Gasteiger partial charge in [-0.2, -0.15) is 13.2 Å². The zero-order chi connectivity index (χ0) is 11.6. The zero-order valence-corrected chi connectivity index (χ0v) is 7.23. The average molecular weight is 222 g/mol.